The van der Waals surface area contributed by atoms with Crippen molar-refractivity contribution in [3.05, 3.63) is 23.3 Å². The molecule has 3 nitrogen and oxygen atoms in total. The lowest BCUT2D eigenvalue weighted by Gasteiger charge is -2.16. The maximum Gasteiger partial charge on any atom is 0.252 e. The van der Waals surface area contributed by atoms with Crippen molar-refractivity contribution in [3.8, 4) is 11.5 Å². The molecule has 0 atom stereocenters. The summed E-state index contributed by atoms with van der Waals surface area (Å²) in [4.78, 5) is 11.1. The highest BCUT2D eigenvalue weighted by molar-refractivity contribution is 6.67. The largest absolute Gasteiger partial charge is 0.493 e. The molecule has 0 aliphatic carbocycles. The highest BCUT2D eigenvalue weighted by Crippen LogP contribution is 2.33. The third kappa shape index (κ3) is 2.89. The summed E-state index contributed by atoms with van der Waals surface area (Å²) in [6.07, 6.45) is 0.0464. The van der Waals surface area contributed by atoms with Gasteiger partial charge in [-0.05, 0) is 50.1 Å². The summed E-state index contributed by atoms with van der Waals surface area (Å²) < 4.78 is 10.8. The van der Waals surface area contributed by atoms with Crippen molar-refractivity contribution in [2.75, 3.05) is 7.11 Å². The van der Waals surface area contributed by atoms with E-state index in [0.717, 1.165) is 5.56 Å². The molecule has 0 aromatic heterocycles. The lowest BCUT2D eigenvalue weighted by molar-refractivity contribution is 0.108. The molecule has 0 aliphatic rings. The van der Waals surface area contributed by atoms with E-state index in [4.69, 9.17) is 21.1 Å². The van der Waals surface area contributed by atoms with Crippen LogP contribution in [0.5, 0.6) is 11.5 Å². The fourth-order valence-corrected chi connectivity index (χ4v) is 1.50. The Kier molecular flexibility index (Phi) is 4.19. The van der Waals surface area contributed by atoms with E-state index in [9.17, 15) is 4.79 Å². The van der Waals surface area contributed by atoms with Gasteiger partial charge in [0.25, 0.3) is 5.24 Å². The van der Waals surface area contributed by atoms with Gasteiger partial charge in [-0.15, -0.1) is 0 Å². The second-order valence-corrected chi connectivity index (χ2v) is 4.11. The van der Waals surface area contributed by atoms with Gasteiger partial charge in [0.2, 0.25) is 0 Å². The monoisotopic (exact) mass is 242 g/mol. The molecule has 0 bridgehead atoms. The van der Waals surface area contributed by atoms with Gasteiger partial charge in [-0.1, -0.05) is 0 Å². The van der Waals surface area contributed by atoms with Crippen LogP contribution in [0.3, 0.4) is 0 Å². The molecule has 1 aromatic carbocycles. The molecule has 0 heterocycles. The molecule has 16 heavy (non-hydrogen) atoms. The van der Waals surface area contributed by atoms with Gasteiger partial charge in [-0.3, -0.25) is 4.79 Å². The fraction of sp³-hybridized carbons (Fsp3) is 0.417. The topological polar surface area (TPSA) is 35.5 Å². The van der Waals surface area contributed by atoms with Gasteiger partial charge in [0.1, 0.15) is 0 Å². The van der Waals surface area contributed by atoms with E-state index in [1.165, 1.54) is 7.11 Å². The first-order valence-corrected chi connectivity index (χ1v) is 5.38. The van der Waals surface area contributed by atoms with Crippen LogP contribution < -0.4 is 9.47 Å². The van der Waals surface area contributed by atoms with Gasteiger partial charge < -0.3 is 9.47 Å². The fourth-order valence-electron chi connectivity index (χ4n) is 1.39. The zero-order valence-corrected chi connectivity index (χ0v) is 10.6. The first-order valence-electron chi connectivity index (χ1n) is 5.00. The Bertz CT molecular complexity index is 399. The lowest BCUT2D eigenvalue weighted by Crippen LogP contribution is -2.08. The minimum absolute atomic E-state index is 0.0464. The molecule has 1 rings (SSSR count). The molecule has 0 saturated carbocycles. The van der Waals surface area contributed by atoms with E-state index in [1.54, 1.807) is 12.1 Å². The SMILES string of the molecule is COc1cc(C(=O)Cl)cc(C)c1OC(C)C. The minimum atomic E-state index is -0.502. The van der Waals surface area contributed by atoms with E-state index in [0.29, 0.717) is 17.1 Å². The van der Waals surface area contributed by atoms with Crippen molar-refractivity contribution in [2.24, 2.45) is 0 Å². The van der Waals surface area contributed by atoms with Crippen LogP contribution >= 0.6 is 11.6 Å². The highest BCUT2D eigenvalue weighted by atomic mass is 35.5. The average molecular weight is 243 g/mol. The zero-order valence-electron chi connectivity index (χ0n) is 9.83. The third-order valence-electron chi connectivity index (χ3n) is 2.04. The summed E-state index contributed by atoms with van der Waals surface area (Å²) in [5, 5.41) is -0.502. The van der Waals surface area contributed by atoms with E-state index in [2.05, 4.69) is 0 Å². The number of carbonyl (C=O) groups excluding carboxylic acids is 1. The Morgan fingerprint density at radius 3 is 2.44 bits per heavy atom. The molecule has 0 unspecified atom stereocenters. The Balaban J connectivity index is 3.23. The molecule has 0 aliphatic heterocycles. The Hall–Kier alpha value is -1.22. The number of hydrogen-bond acceptors (Lipinski definition) is 3. The second kappa shape index (κ2) is 5.21. The van der Waals surface area contributed by atoms with Crippen LogP contribution in [-0.4, -0.2) is 18.5 Å². The number of rotatable bonds is 4. The van der Waals surface area contributed by atoms with Gasteiger partial charge in [0.15, 0.2) is 11.5 Å². The van der Waals surface area contributed by atoms with Gasteiger partial charge >= 0.3 is 0 Å². The van der Waals surface area contributed by atoms with Crippen LogP contribution in [0.25, 0.3) is 0 Å². The number of halogens is 1. The van der Waals surface area contributed by atoms with Crippen molar-refractivity contribution in [3.63, 3.8) is 0 Å². The molecule has 0 fully saturated rings. The van der Waals surface area contributed by atoms with Crippen molar-refractivity contribution >= 4 is 16.8 Å². The number of ether oxygens (including phenoxy) is 2. The number of hydrogen-bond donors (Lipinski definition) is 0. The molecule has 0 amide bonds. The smallest absolute Gasteiger partial charge is 0.252 e. The summed E-state index contributed by atoms with van der Waals surface area (Å²) in [6.45, 7) is 5.71. The van der Waals surface area contributed by atoms with Crippen molar-refractivity contribution in [1.29, 1.82) is 0 Å². The van der Waals surface area contributed by atoms with E-state index < -0.39 is 5.24 Å². The number of carbonyl (C=O) groups is 1. The quantitative estimate of drug-likeness (QED) is 0.761. The van der Waals surface area contributed by atoms with Crippen LogP contribution in [0.2, 0.25) is 0 Å². The molecule has 1 aromatic rings. The summed E-state index contributed by atoms with van der Waals surface area (Å²) in [7, 11) is 1.53. The normalized spacial score (nSPS) is 10.4. The average Bonchev–Trinajstić information content (AvgIpc) is 2.19. The van der Waals surface area contributed by atoms with E-state index in [1.807, 2.05) is 20.8 Å². The molecule has 0 saturated heterocycles. The molecular weight excluding hydrogens is 228 g/mol. The molecule has 4 heteroatoms. The van der Waals surface area contributed by atoms with Crippen molar-refractivity contribution < 1.29 is 14.3 Å². The van der Waals surface area contributed by atoms with Gasteiger partial charge in [0, 0.05) is 5.56 Å². The summed E-state index contributed by atoms with van der Waals surface area (Å²) in [5.41, 5.74) is 1.24. The number of aryl methyl sites for hydroxylation is 1. The van der Waals surface area contributed by atoms with E-state index in [-0.39, 0.29) is 6.10 Å². The summed E-state index contributed by atoms with van der Waals surface area (Å²) in [5.74, 6) is 1.18. The van der Waals surface area contributed by atoms with Gasteiger partial charge in [0.05, 0.1) is 13.2 Å². The highest BCUT2D eigenvalue weighted by Gasteiger charge is 2.14. The minimum Gasteiger partial charge on any atom is -0.493 e. The summed E-state index contributed by atoms with van der Waals surface area (Å²) >= 11 is 5.43. The Morgan fingerprint density at radius 2 is 2.00 bits per heavy atom. The summed E-state index contributed by atoms with van der Waals surface area (Å²) in [6, 6.07) is 3.27. The standard InChI is InChI=1S/C12H15ClO3/c1-7(2)16-11-8(3)5-9(12(13)14)6-10(11)15-4/h5-7H,1-4H3. The predicted molar refractivity (Wildman–Crippen MR) is 63.7 cm³/mol. The first-order chi connectivity index (χ1) is 7.45. The maximum atomic E-state index is 11.1. The third-order valence-corrected chi connectivity index (χ3v) is 2.26. The van der Waals surface area contributed by atoms with Gasteiger partial charge in [-0.2, -0.15) is 0 Å². The maximum absolute atomic E-state index is 11.1. The van der Waals surface area contributed by atoms with Crippen LogP contribution in [0.1, 0.15) is 29.8 Å². The first kappa shape index (κ1) is 12.8. The Labute approximate surface area is 100 Å². The molecule has 0 N–H and O–H groups in total. The van der Waals surface area contributed by atoms with Crippen LogP contribution in [0.4, 0.5) is 0 Å². The second-order valence-electron chi connectivity index (χ2n) is 3.76. The number of benzene rings is 1. The van der Waals surface area contributed by atoms with Crippen molar-refractivity contribution in [1.82, 2.24) is 0 Å². The predicted octanol–water partition coefficient (Wildman–Crippen LogP) is 3.17. The molecular formula is C12H15ClO3. The van der Waals surface area contributed by atoms with Crippen LogP contribution in [-0.2, 0) is 0 Å². The van der Waals surface area contributed by atoms with Crippen LogP contribution in [0.15, 0.2) is 12.1 Å². The van der Waals surface area contributed by atoms with E-state index >= 15 is 0 Å². The molecule has 0 radical (unpaired) electrons. The Morgan fingerprint density at radius 1 is 1.38 bits per heavy atom. The van der Waals surface area contributed by atoms with Gasteiger partial charge in [-0.25, -0.2) is 0 Å². The number of methoxy groups -OCH3 is 1. The lowest BCUT2D eigenvalue weighted by atomic mass is 10.1. The van der Waals surface area contributed by atoms with Crippen molar-refractivity contribution in [2.45, 2.75) is 26.9 Å². The molecule has 0 spiro atoms. The zero-order chi connectivity index (χ0) is 12.3. The van der Waals surface area contributed by atoms with Crippen LogP contribution in [0, 0.1) is 6.92 Å². The molecule has 88 valence electrons.